The van der Waals surface area contributed by atoms with Gasteiger partial charge >= 0.3 is 11.8 Å². The van der Waals surface area contributed by atoms with Crippen molar-refractivity contribution >= 4 is 23.3 Å². The van der Waals surface area contributed by atoms with Crippen molar-refractivity contribution < 1.29 is 14.5 Å². The summed E-state index contributed by atoms with van der Waals surface area (Å²) in [6.07, 6.45) is 3.61. The van der Waals surface area contributed by atoms with Crippen LogP contribution in [0, 0.1) is 10.1 Å². The Morgan fingerprint density at radius 3 is 2.47 bits per heavy atom. The molecule has 2 aromatic rings. The maximum atomic E-state index is 12.8. The van der Waals surface area contributed by atoms with E-state index in [2.05, 4.69) is 14.8 Å². The molecule has 0 saturated carbocycles. The average Bonchev–Trinajstić information content (AvgIpc) is 3.35. The standard InChI is InChI=1S/C23H29ClN6O4/c1-23(16-29-14-20(30(32)33)25-22(29)34-23)15-26-8-6-19(7-9-26)27-10-12-28(13-11-27)21(31)17-2-4-18(24)5-3-17/h2-5,14,19H,6-13,15-16H2,1H3/t23-/m0/s1. The number of carbonyl (C=O) groups is 1. The lowest BCUT2D eigenvalue weighted by Gasteiger charge is -2.43. The van der Waals surface area contributed by atoms with Gasteiger partial charge in [0, 0.05) is 54.3 Å². The monoisotopic (exact) mass is 488 g/mol. The van der Waals surface area contributed by atoms with Gasteiger partial charge in [0.05, 0.1) is 6.54 Å². The number of halogens is 1. The number of piperazine rings is 1. The summed E-state index contributed by atoms with van der Waals surface area (Å²) in [4.78, 5) is 34.0. The molecule has 1 aromatic carbocycles. The maximum Gasteiger partial charge on any atom is 0.415 e. The lowest BCUT2D eigenvalue weighted by molar-refractivity contribution is -0.389. The molecule has 4 heterocycles. The third-order valence-electron chi connectivity index (χ3n) is 7.08. The molecule has 182 valence electrons. The summed E-state index contributed by atoms with van der Waals surface area (Å²) in [7, 11) is 0. The Hall–Kier alpha value is -2.69. The van der Waals surface area contributed by atoms with Crippen molar-refractivity contribution in [1.29, 1.82) is 0 Å². The topological polar surface area (TPSA) is 97.0 Å². The molecule has 1 amide bonds. The number of amides is 1. The van der Waals surface area contributed by atoms with Gasteiger partial charge in [0.1, 0.15) is 11.8 Å². The van der Waals surface area contributed by atoms with Crippen LogP contribution in [0.3, 0.4) is 0 Å². The van der Waals surface area contributed by atoms with Gasteiger partial charge in [-0.1, -0.05) is 11.6 Å². The maximum absolute atomic E-state index is 12.8. The smallest absolute Gasteiger partial charge is 0.415 e. The van der Waals surface area contributed by atoms with Gasteiger partial charge < -0.3 is 19.8 Å². The summed E-state index contributed by atoms with van der Waals surface area (Å²) in [5, 5.41) is 11.5. The molecule has 3 aliphatic heterocycles. The van der Waals surface area contributed by atoms with Crippen molar-refractivity contribution in [3.05, 3.63) is 51.2 Å². The van der Waals surface area contributed by atoms with Gasteiger partial charge in [-0.05, 0) is 62.0 Å². The van der Waals surface area contributed by atoms with E-state index in [-0.39, 0.29) is 11.7 Å². The molecule has 0 spiro atoms. The second-order valence-corrected chi connectivity index (χ2v) is 10.1. The van der Waals surface area contributed by atoms with Crippen LogP contribution in [-0.4, -0.2) is 92.5 Å². The molecule has 2 fully saturated rings. The summed E-state index contributed by atoms with van der Waals surface area (Å²) in [5.41, 5.74) is 0.253. The van der Waals surface area contributed by atoms with Crippen LogP contribution in [0.25, 0.3) is 0 Å². The fourth-order valence-electron chi connectivity index (χ4n) is 5.34. The molecule has 10 nitrogen and oxygen atoms in total. The number of fused-ring (bicyclic) bond motifs is 1. The molecule has 1 atom stereocenters. The van der Waals surface area contributed by atoms with Crippen molar-refractivity contribution in [2.45, 2.75) is 38.0 Å². The van der Waals surface area contributed by atoms with Crippen LogP contribution in [0.1, 0.15) is 30.1 Å². The Bertz CT molecular complexity index is 1030. The number of likely N-dealkylation sites (tertiary alicyclic amines) is 1. The van der Waals surface area contributed by atoms with E-state index in [0.717, 1.165) is 58.7 Å². The van der Waals surface area contributed by atoms with Gasteiger partial charge in [0.15, 0.2) is 0 Å². The van der Waals surface area contributed by atoms with E-state index >= 15 is 0 Å². The summed E-state index contributed by atoms with van der Waals surface area (Å²) >= 11 is 5.94. The molecule has 3 aliphatic rings. The number of ether oxygens (including phenoxy) is 1. The van der Waals surface area contributed by atoms with Crippen molar-refractivity contribution in [3.63, 3.8) is 0 Å². The summed E-state index contributed by atoms with van der Waals surface area (Å²) in [5.74, 6) is -0.103. The third-order valence-corrected chi connectivity index (χ3v) is 7.33. The first-order valence-electron chi connectivity index (χ1n) is 11.7. The second-order valence-electron chi connectivity index (χ2n) is 9.66. The van der Waals surface area contributed by atoms with Gasteiger partial charge in [0.25, 0.3) is 5.91 Å². The van der Waals surface area contributed by atoms with Crippen LogP contribution < -0.4 is 4.74 Å². The van der Waals surface area contributed by atoms with Crippen LogP contribution in [0.5, 0.6) is 6.01 Å². The zero-order chi connectivity index (χ0) is 23.9. The van der Waals surface area contributed by atoms with Crippen LogP contribution in [-0.2, 0) is 6.54 Å². The summed E-state index contributed by atoms with van der Waals surface area (Å²) in [6, 6.07) is 7.95. The fraction of sp³-hybridized carbons (Fsp3) is 0.565. The van der Waals surface area contributed by atoms with Crippen LogP contribution in [0.2, 0.25) is 5.02 Å². The van der Waals surface area contributed by atoms with Gasteiger partial charge in [0.2, 0.25) is 0 Å². The highest BCUT2D eigenvalue weighted by Crippen LogP contribution is 2.32. The first-order valence-corrected chi connectivity index (χ1v) is 12.1. The van der Waals surface area contributed by atoms with E-state index in [9.17, 15) is 14.9 Å². The molecule has 11 heteroatoms. The quantitative estimate of drug-likeness (QED) is 0.471. The van der Waals surface area contributed by atoms with Gasteiger partial charge in [-0.2, -0.15) is 0 Å². The number of carbonyl (C=O) groups excluding carboxylic acids is 1. The van der Waals surface area contributed by atoms with E-state index in [4.69, 9.17) is 16.3 Å². The van der Waals surface area contributed by atoms with E-state index in [1.165, 1.54) is 6.20 Å². The number of hydrogen-bond donors (Lipinski definition) is 0. The predicted octanol–water partition coefficient (Wildman–Crippen LogP) is 2.52. The van der Waals surface area contributed by atoms with Crippen LogP contribution >= 0.6 is 11.6 Å². The molecule has 34 heavy (non-hydrogen) atoms. The summed E-state index contributed by atoms with van der Waals surface area (Å²) in [6.45, 7) is 8.60. The minimum absolute atomic E-state index is 0.0706. The molecule has 1 aromatic heterocycles. The van der Waals surface area contributed by atoms with E-state index < -0.39 is 10.5 Å². The number of hydrogen-bond acceptors (Lipinski definition) is 7. The minimum atomic E-state index is -0.496. The Kier molecular flexibility index (Phi) is 6.22. The van der Waals surface area contributed by atoms with Crippen molar-refractivity contribution in [3.8, 4) is 6.01 Å². The number of nitrogens with zero attached hydrogens (tertiary/aromatic N) is 6. The predicted molar refractivity (Wildman–Crippen MR) is 126 cm³/mol. The SMILES string of the molecule is C[C@]1(CN2CCC(N3CCN(C(=O)c4ccc(Cl)cc4)CC3)CC2)Cn2cc([N+](=O)[O-])nc2O1. The molecule has 0 aliphatic carbocycles. The average molecular weight is 489 g/mol. The zero-order valence-electron chi connectivity index (χ0n) is 19.2. The second kappa shape index (κ2) is 9.16. The minimum Gasteiger partial charge on any atom is -0.436 e. The number of rotatable bonds is 5. The lowest BCUT2D eigenvalue weighted by Crippen LogP contribution is -2.55. The molecule has 0 bridgehead atoms. The fourth-order valence-corrected chi connectivity index (χ4v) is 5.47. The Balaban J connectivity index is 1.07. The molecule has 2 saturated heterocycles. The number of nitro groups is 1. The first kappa shape index (κ1) is 23.1. The van der Waals surface area contributed by atoms with Crippen LogP contribution in [0.4, 0.5) is 5.82 Å². The van der Waals surface area contributed by atoms with Crippen molar-refractivity contribution in [1.82, 2.24) is 24.3 Å². The third kappa shape index (κ3) is 4.75. The van der Waals surface area contributed by atoms with Crippen molar-refractivity contribution in [2.75, 3.05) is 45.8 Å². The highest BCUT2D eigenvalue weighted by atomic mass is 35.5. The van der Waals surface area contributed by atoms with E-state index in [1.54, 1.807) is 28.8 Å². The Labute approximate surface area is 203 Å². The van der Waals surface area contributed by atoms with Gasteiger partial charge in [-0.3, -0.25) is 19.2 Å². The molecular weight excluding hydrogens is 460 g/mol. The highest BCUT2D eigenvalue weighted by Gasteiger charge is 2.42. The van der Waals surface area contributed by atoms with E-state index in [1.807, 2.05) is 11.8 Å². The highest BCUT2D eigenvalue weighted by molar-refractivity contribution is 6.30. The normalized spacial score (nSPS) is 24.1. The first-order chi connectivity index (χ1) is 16.3. The summed E-state index contributed by atoms with van der Waals surface area (Å²) < 4.78 is 7.73. The van der Waals surface area contributed by atoms with Crippen molar-refractivity contribution in [2.24, 2.45) is 0 Å². The molecular formula is C23H29ClN6O4. The molecule has 0 unspecified atom stereocenters. The number of benzene rings is 1. The number of aromatic nitrogens is 2. The molecule has 0 N–H and O–H groups in total. The zero-order valence-corrected chi connectivity index (χ0v) is 20.0. The molecule has 5 rings (SSSR count). The van der Waals surface area contributed by atoms with Gasteiger partial charge in [-0.25, -0.2) is 0 Å². The number of imidazole rings is 1. The van der Waals surface area contributed by atoms with Crippen LogP contribution in [0.15, 0.2) is 30.5 Å². The Morgan fingerprint density at radius 1 is 1.18 bits per heavy atom. The number of piperidine rings is 1. The Morgan fingerprint density at radius 2 is 1.85 bits per heavy atom. The van der Waals surface area contributed by atoms with E-state index in [0.29, 0.717) is 29.2 Å². The molecule has 0 radical (unpaired) electrons. The lowest BCUT2D eigenvalue weighted by atomic mass is 9.99. The van der Waals surface area contributed by atoms with Gasteiger partial charge in [-0.15, -0.1) is 0 Å². The largest absolute Gasteiger partial charge is 0.436 e.